The zero-order valence-corrected chi connectivity index (χ0v) is 12.3. The van der Waals surface area contributed by atoms with Crippen molar-refractivity contribution in [3.05, 3.63) is 41.6 Å². The van der Waals surface area contributed by atoms with Gasteiger partial charge in [0.1, 0.15) is 17.3 Å². The highest BCUT2D eigenvalue weighted by Crippen LogP contribution is 2.35. The Morgan fingerprint density at radius 1 is 1.14 bits per heavy atom. The predicted octanol–water partition coefficient (Wildman–Crippen LogP) is 3.40. The van der Waals surface area contributed by atoms with Crippen LogP contribution < -0.4 is 20.1 Å². The van der Waals surface area contributed by atoms with Crippen LogP contribution in [0, 0.1) is 0 Å². The van der Waals surface area contributed by atoms with Gasteiger partial charge in [-0.25, -0.2) is 9.78 Å². The normalized spacial score (nSPS) is 9.86. The summed E-state index contributed by atoms with van der Waals surface area (Å²) in [5, 5.41) is 5.66. The van der Waals surface area contributed by atoms with Gasteiger partial charge in [-0.15, -0.1) is 0 Å². The molecule has 7 heteroatoms. The highest BCUT2D eigenvalue weighted by atomic mass is 35.5. The first kappa shape index (κ1) is 14.9. The quantitative estimate of drug-likeness (QED) is 0.908. The second kappa shape index (κ2) is 6.81. The summed E-state index contributed by atoms with van der Waals surface area (Å²) >= 11 is 6.00. The highest BCUT2D eigenvalue weighted by molar-refractivity contribution is 6.32. The van der Waals surface area contributed by atoms with Crippen molar-refractivity contribution in [1.82, 2.24) is 4.98 Å². The van der Waals surface area contributed by atoms with Gasteiger partial charge in [0, 0.05) is 18.3 Å². The van der Waals surface area contributed by atoms with Gasteiger partial charge >= 0.3 is 6.03 Å². The van der Waals surface area contributed by atoms with E-state index in [2.05, 4.69) is 15.6 Å². The van der Waals surface area contributed by atoms with Crippen LogP contribution in [0.15, 0.2) is 36.5 Å². The lowest BCUT2D eigenvalue weighted by Crippen LogP contribution is -2.20. The molecule has 0 atom stereocenters. The van der Waals surface area contributed by atoms with Crippen LogP contribution in [0.5, 0.6) is 11.5 Å². The van der Waals surface area contributed by atoms with Crippen molar-refractivity contribution in [1.29, 1.82) is 0 Å². The lowest BCUT2D eigenvalue weighted by Gasteiger charge is -2.13. The number of amides is 2. The first-order chi connectivity index (χ1) is 10.1. The molecular weight excluding hydrogens is 294 g/mol. The van der Waals surface area contributed by atoms with Gasteiger partial charge in [-0.3, -0.25) is 5.32 Å². The van der Waals surface area contributed by atoms with Crippen LogP contribution >= 0.6 is 11.6 Å². The van der Waals surface area contributed by atoms with Gasteiger partial charge in [0.15, 0.2) is 0 Å². The maximum atomic E-state index is 11.9. The van der Waals surface area contributed by atoms with Crippen LogP contribution in [-0.4, -0.2) is 25.2 Å². The van der Waals surface area contributed by atoms with Crippen LogP contribution in [-0.2, 0) is 0 Å². The summed E-state index contributed by atoms with van der Waals surface area (Å²) < 4.78 is 10.3. The first-order valence-electron chi connectivity index (χ1n) is 6.04. The average Bonchev–Trinajstić information content (AvgIpc) is 2.49. The molecule has 110 valence electrons. The van der Waals surface area contributed by atoms with E-state index in [0.717, 1.165) is 0 Å². The Hall–Kier alpha value is -2.47. The van der Waals surface area contributed by atoms with Crippen molar-refractivity contribution < 1.29 is 14.3 Å². The smallest absolute Gasteiger partial charge is 0.324 e. The molecule has 1 aromatic heterocycles. The Morgan fingerprint density at radius 2 is 1.90 bits per heavy atom. The summed E-state index contributed by atoms with van der Waals surface area (Å²) in [6, 6.07) is 7.91. The van der Waals surface area contributed by atoms with Gasteiger partial charge in [-0.1, -0.05) is 17.7 Å². The Morgan fingerprint density at radius 3 is 2.52 bits per heavy atom. The zero-order chi connectivity index (χ0) is 15.2. The Labute approximate surface area is 127 Å². The molecule has 2 rings (SSSR count). The fourth-order valence-electron chi connectivity index (χ4n) is 1.66. The number of hydrogen-bond donors (Lipinski definition) is 2. The highest BCUT2D eigenvalue weighted by Gasteiger charge is 2.12. The van der Waals surface area contributed by atoms with Crippen molar-refractivity contribution >= 4 is 29.1 Å². The summed E-state index contributed by atoms with van der Waals surface area (Å²) in [7, 11) is 2.98. The first-order valence-corrected chi connectivity index (χ1v) is 6.42. The monoisotopic (exact) mass is 307 g/mol. The van der Waals surface area contributed by atoms with Gasteiger partial charge in [-0.2, -0.15) is 0 Å². The number of halogens is 1. The number of benzene rings is 1. The van der Waals surface area contributed by atoms with Crippen LogP contribution in [0.25, 0.3) is 0 Å². The fraction of sp³-hybridized carbons (Fsp3) is 0.143. The molecule has 0 aliphatic rings. The number of methoxy groups -OCH3 is 2. The van der Waals surface area contributed by atoms with E-state index >= 15 is 0 Å². The summed E-state index contributed by atoms with van der Waals surface area (Å²) in [6.45, 7) is 0. The molecular formula is C14H14ClN3O3. The summed E-state index contributed by atoms with van der Waals surface area (Å²) in [5.41, 5.74) is 0.437. The van der Waals surface area contributed by atoms with Gasteiger partial charge in [0.25, 0.3) is 0 Å². The number of nitrogens with zero attached hydrogens (tertiary/aromatic N) is 1. The molecule has 2 N–H and O–H groups in total. The average molecular weight is 308 g/mol. The maximum absolute atomic E-state index is 11.9. The van der Waals surface area contributed by atoms with E-state index in [1.807, 2.05) is 0 Å². The van der Waals surface area contributed by atoms with E-state index in [1.54, 1.807) is 36.5 Å². The molecule has 0 radical (unpaired) electrons. The number of carbonyl (C=O) groups is 1. The standard InChI is InChI=1S/C14H14ClN3O3/c1-20-11-8-10(12(21-2)7-9(11)15)17-14(19)18-13-5-3-4-6-16-13/h3-8H,1-2H3,(H2,16,17,18,19). The van der Waals surface area contributed by atoms with Crippen LogP contribution in [0.4, 0.5) is 16.3 Å². The van der Waals surface area contributed by atoms with Crippen molar-refractivity contribution in [2.75, 3.05) is 24.9 Å². The van der Waals surface area contributed by atoms with E-state index in [0.29, 0.717) is 28.0 Å². The SMILES string of the molecule is COc1cc(NC(=O)Nc2ccccn2)c(OC)cc1Cl. The van der Waals surface area contributed by atoms with Crippen LogP contribution in [0.2, 0.25) is 5.02 Å². The van der Waals surface area contributed by atoms with Gasteiger partial charge in [-0.05, 0) is 12.1 Å². The molecule has 0 unspecified atom stereocenters. The van der Waals surface area contributed by atoms with Crippen molar-refractivity contribution in [3.8, 4) is 11.5 Å². The van der Waals surface area contributed by atoms with Crippen LogP contribution in [0.1, 0.15) is 0 Å². The molecule has 1 aromatic carbocycles. The topological polar surface area (TPSA) is 72.5 Å². The fourth-order valence-corrected chi connectivity index (χ4v) is 1.90. The van der Waals surface area contributed by atoms with Crippen molar-refractivity contribution in [3.63, 3.8) is 0 Å². The number of carbonyl (C=O) groups excluding carboxylic acids is 1. The number of anilines is 2. The van der Waals surface area contributed by atoms with Crippen LogP contribution in [0.3, 0.4) is 0 Å². The van der Waals surface area contributed by atoms with Crippen molar-refractivity contribution in [2.24, 2.45) is 0 Å². The number of pyridine rings is 1. The molecule has 2 amide bonds. The van der Waals surface area contributed by atoms with Gasteiger partial charge in [0.05, 0.1) is 24.9 Å². The van der Waals surface area contributed by atoms with E-state index in [1.165, 1.54) is 14.2 Å². The Bertz CT molecular complexity index is 635. The zero-order valence-electron chi connectivity index (χ0n) is 11.5. The predicted molar refractivity (Wildman–Crippen MR) is 81.4 cm³/mol. The Kier molecular flexibility index (Phi) is 4.84. The minimum absolute atomic E-state index is 0.394. The van der Waals surface area contributed by atoms with E-state index < -0.39 is 6.03 Å². The molecule has 0 saturated heterocycles. The molecule has 0 fully saturated rings. The summed E-state index contributed by atoms with van der Waals surface area (Å²) in [5.74, 6) is 1.30. The number of nitrogens with one attached hydrogen (secondary N) is 2. The number of ether oxygens (including phenoxy) is 2. The van der Waals surface area contributed by atoms with Crippen molar-refractivity contribution in [2.45, 2.75) is 0 Å². The Balaban J connectivity index is 2.16. The third-order valence-corrected chi connectivity index (χ3v) is 2.92. The minimum atomic E-state index is -0.448. The maximum Gasteiger partial charge on any atom is 0.324 e. The van der Waals surface area contributed by atoms with Gasteiger partial charge in [0.2, 0.25) is 0 Å². The molecule has 21 heavy (non-hydrogen) atoms. The summed E-state index contributed by atoms with van der Waals surface area (Å²) in [4.78, 5) is 15.9. The van der Waals surface area contributed by atoms with E-state index in [4.69, 9.17) is 21.1 Å². The number of aromatic nitrogens is 1. The minimum Gasteiger partial charge on any atom is -0.495 e. The number of rotatable bonds is 4. The van der Waals surface area contributed by atoms with E-state index in [9.17, 15) is 4.79 Å². The molecule has 2 aromatic rings. The molecule has 1 heterocycles. The lowest BCUT2D eigenvalue weighted by atomic mass is 10.2. The lowest BCUT2D eigenvalue weighted by molar-refractivity contribution is 0.262. The third-order valence-electron chi connectivity index (χ3n) is 2.63. The number of hydrogen-bond acceptors (Lipinski definition) is 4. The molecule has 0 spiro atoms. The summed E-state index contributed by atoms with van der Waals surface area (Å²) in [6.07, 6.45) is 1.58. The molecule has 0 bridgehead atoms. The number of urea groups is 1. The van der Waals surface area contributed by atoms with E-state index in [-0.39, 0.29) is 0 Å². The second-order valence-corrected chi connectivity index (χ2v) is 4.39. The largest absolute Gasteiger partial charge is 0.495 e. The molecule has 6 nitrogen and oxygen atoms in total. The second-order valence-electron chi connectivity index (χ2n) is 3.98. The molecule has 0 aliphatic carbocycles. The molecule has 0 aliphatic heterocycles. The van der Waals surface area contributed by atoms with Gasteiger partial charge < -0.3 is 14.8 Å². The molecule has 0 saturated carbocycles. The third kappa shape index (κ3) is 3.76.